The van der Waals surface area contributed by atoms with E-state index in [1.807, 2.05) is 30.3 Å². The summed E-state index contributed by atoms with van der Waals surface area (Å²) in [4.78, 5) is 18.1. The zero-order valence-corrected chi connectivity index (χ0v) is 18.8. The van der Waals surface area contributed by atoms with Crippen LogP contribution in [0.3, 0.4) is 0 Å². The molecule has 0 saturated carbocycles. The van der Waals surface area contributed by atoms with E-state index in [-0.39, 0.29) is 11.7 Å². The van der Waals surface area contributed by atoms with Crippen LogP contribution in [0.25, 0.3) is 22.2 Å². The van der Waals surface area contributed by atoms with E-state index < -0.39 is 9.84 Å². The molecule has 0 aliphatic carbocycles. The molecule has 1 aromatic heterocycles. The Morgan fingerprint density at radius 2 is 1.69 bits per heavy atom. The monoisotopic (exact) mass is 449 g/mol. The molecule has 0 unspecified atom stereocenters. The molecule has 164 valence electrons. The summed E-state index contributed by atoms with van der Waals surface area (Å²) in [7, 11) is 0.338. The molecule has 8 heteroatoms. The number of para-hydroxylation sites is 1. The first kappa shape index (κ1) is 21.6. The van der Waals surface area contributed by atoms with Crippen molar-refractivity contribution in [3.63, 3.8) is 0 Å². The number of nitrogens with one attached hydrogen (secondary N) is 1. The van der Waals surface area contributed by atoms with Crippen molar-refractivity contribution >= 4 is 38.5 Å². The number of aromatic nitrogens is 1. The van der Waals surface area contributed by atoms with Crippen LogP contribution in [0.15, 0.2) is 71.1 Å². The minimum Gasteiger partial charge on any atom is -0.423 e. The molecule has 0 bridgehead atoms. The molecule has 4 aromatic rings. The van der Waals surface area contributed by atoms with Crippen LogP contribution in [-0.4, -0.2) is 44.6 Å². The van der Waals surface area contributed by atoms with E-state index in [9.17, 15) is 13.2 Å². The summed E-state index contributed by atoms with van der Waals surface area (Å²) in [6, 6.07) is 20.5. The highest BCUT2D eigenvalue weighted by Gasteiger charge is 2.13. The third kappa shape index (κ3) is 4.81. The van der Waals surface area contributed by atoms with Crippen LogP contribution in [0.2, 0.25) is 0 Å². The number of rotatable bonds is 6. The van der Waals surface area contributed by atoms with Gasteiger partial charge in [0, 0.05) is 37.2 Å². The Hall–Kier alpha value is -3.65. The molecule has 3 aromatic carbocycles. The predicted octanol–water partition coefficient (Wildman–Crippen LogP) is 4.48. The van der Waals surface area contributed by atoms with Crippen molar-refractivity contribution < 1.29 is 17.6 Å². The first-order valence-corrected chi connectivity index (χ1v) is 12.0. The average molecular weight is 450 g/mol. The number of nitrogens with zero attached hydrogens (tertiary/aromatic N) is 2. The lowest BCUT2D eigenvalue weighted by atomic mass is 10.0. The molecule has 0 spiro atoms. The Morgan fingerprint density at radius 1 is 1.00 bits per heavy atom. The third-order valence-corrected chi connectivity index (χ3v) is 5.76. The maximum atomic E-state index is 12.0. The number of anilines is 2. The summed E-state index contributed by atoms with van der Waals surface area (Å²) in [5.41, 5.74) is 5.18. The van der Waals surface area contributed by atoms with E-state index in [2.05, 4.69) is 10.3 Å². The fourth-order valence-electron chi connectivity index (χ4n) is 3.39. The van der Waals surface area contributed by atoms with E-state index in [0.717, 1.165) is 22.4 Å². The van der Waals surface area contributed by atoms with Gasteiger partial charge in [0.25, 0.3) is 11.9 Å². The van der Waals surface area contributed by atoms with E-state index in [1.165, 1.54) is 11.2 Å². The lowest BCUT2D eigenvalue weighted by Crippen LogP contribution is -2.21. The fraction of sp³-hybridized carbons (Fsp3) is 0.167. The van der Waals surface area contributed by atoms with Crippen LogP contribution in [0.1, 0.15) is 15.9 Å². The van der Waals surface area contributed by atoms with Crippen LogP contribution >= 0.6 is 0 Å². The summed E-state index contributed by atoms with van der Waals surface area (Å²) in [6.45, 7) is 0. The average Bonchev–Trinajstić information content (AvgIpc) is 3.15. The molecule has 32 heavy (non-hydrogen) atoms. The molecule has 0 aliphatic rings. The molecular weight excluding hydrogens is 426 g/mol. The van der Waals surface area contributed by atoms with Gasteiger partial charge < -0.3 is 14.6 Å². The van der Waals surface area contributed by atoms with E-state index in [4.69, 9.17) is 4.42 Å². The van der Waals surface area contributed by atoms with Gasteiger partial charge in [0.2, 0.25) is 0 Å². The van der Waals surface area contributed by atoms with Gasteiger partial charge in [-0.2, -0.15) is 4.98 Å². The molecule has 1 heterocycles. The summed E-state index contributed by atoms with van der Waals surface area (Å²) in [5.74, 6) is -0.0575. The second-order valence-electron chi connectivity index (χ2n) is 7.84. The van der Waals surface area contributed by atoms with Crippen LogP contribution < -0.4 is 5.32 Å². The van der Waals surface area contributed by atoms with Crippen molar-refractivity contribution in [2.75, 3.05) is 25.7 Å². The van der Waals surface area contributed by atoms with E-state index in [1.54, 1.807) is 50.5 Å². The highest BCUT2D eigenvalue weighted by molar-refractivity contribution is 7.89. The van der Waals surface area contributed by atoms with Crippen LogP contribution in [0, 0.1) is 0 Å². The number of hydrogen-bond donors (Lipinski definition) is 1. The lowest BCUT2D eigenvalue weighted by molar-refractivity contribution is 0.0827. The van der Waals surface area contributed by atoms with Gasteiger partial charge in [-0.3, -0.25) is 4.79 Å². The van der Waals surface area contributed by atoms with Crippen LogP contribution in [-0.2, 0) is 15.6 Å². The van der Waals surface area contributed by atoms with Gasteiger partial charge in [-0.05, 0) is 41.5 Å². The molecule has 0 radical (unpaired) electrons. The second-order valence-corrected chi connectivity index (χ2v) is 9.98. The highest BCUT2D eigenvalue weighted by atomic mass is 32.2. The summed E-state index contributed by atoms with van der Waals surface area (Å²) in [5, 5.41) is 3.13. The Labute approximate surface area is 186 Å². The first-order chi connectivity index (χ1) is 15.2. The van der Waals surface area contributed by atoms with Crippen molar-refractivity contribution in [1.29, 1.82) is 0 Å². The molecule has 1 N–H and O–H groups in total. The Balaban J connectivity index is 1.59. The molecule has 0 atom stereocenters. The van der Waals surface area contributed by atoms with E-state index in [0.29, 0.717) is 22.7 Å². The molecule has 0 saturated heterocycles. The SMILES string of the molecule is CN(C)C(=O)c1ccc(Nc2nc3cccc(-c4ccc(CS(C)(=O)=O)cc4)c3o2)cc1. The summed E-state index contributed by atoms with van der Waals surface area (Å²) < 4.78 is 29.0. The molecule has 7 nitrogen and oxygen atoms in total. The van der Waals surface area contributed by atoms with Crippen molar-refractivity contribution in [2.45, 2.75) is 5.75 Å². The first-order valence-electron chi connectivity index (χ1n) is 9.95. The van der Waals surface area contributed by atoms with Gasteiger partial charge in [0.1, 0.15) is 5.52 Å². The minimum absolute atomic E-state index is 0.00673. The molecular formula is C24H23N3O4S. The highest BCUT2D eigenvalue weighted by Crippen LogP contribution is 2.32. The maximum absolute atomic E-state index is 12.0. The van der Waals surface area contributed by atoms with Crippen molar-refractivity contribution in [3.05, 3.63) is 77.9 Å². The van der Waals surface area contributed by atoms with Crippen LogP contribution in [0.5, 0.6) is 0 Å². The molecule has 0 aliphatic heterocycles. The normalized spacial score (nSPS) is 11.5. The molecule has 1 amide bonds. The van der Waals surface area contributed by atoms with Gasteiger partial charge in [-0.1, -0.05) is 36.4 Å². The minimum atomic E-state index is -3.09. The fourth-order valence-corrected chi connectivity index (χ4v) is 4.19. The van der Waals surface area contributed by atoms with Gasteiger partial charge in [0.05, 0.1) is 5.75 Å². The Kier molecular flexibility index (Phi) is 5.71. The molecule has 4 rings (SSSR count). The zero-order valence-electron chi connectivity index (χ0n) is 18.0. The second kappa shape index (κ2) is 8.47. The summed E-state index contributed by atoms with van der Waals surface area (Å²) in [6.07, 6.45) is 1.22. The Morgan fingerprint density at radius 3 is 2.31 bits per heavy atom. The van der Waals surface area contributed by atoms with Gasteiger partial charge in [0.15, 0.2) is 15.4 Å². The van der Waals surface area contributed by atoms with Crippen molar-refractivity contribution in [2.24, 2.45) is 0 Å². The lowest BCUT2D eigenvalue weighted by Gasteiger charge is -2.10. The van der Waals surface area contributed by atoms with Crippen LogP contribution in [0.4, 0.5) is 11.7 Å². The third-order valence-electron chi connectivity index (χ3n) is 4.90. The standard InChI is InChI=1S/C24H23N3O4S/c1-27(2)23(28)18-11-13-19(14-12-18)25-24-26-21-6-4-5-20(22(21)31-24)17-9-7-16(8-10-17)15-32(3,29)30/h4-14H,15H2,1-3H3,(H,25,26). The number of oxazole rings is 1. The zero-order chi connectivity index (χ0) is 22.9. The topological polar surface area (TPSA) is 92.5 Å². The van der Waals surface area contributed by atoms with Gasteiger partial charge in [-0.15, -0.1) is 0 Å². The number of carbonyl (C=O) groups excluding carboxylic acids is 1. The van der Waals surface area contributed by atoms with Crippen molar-refractivity contribution in [3.8, 4) is 11.1 Å². The quantitative estimate of drug-likeness (QED) is 0.466. The van der Waals surface area contributed by atoms with E-state index >= 15 is 0 Å². The summed E-state index contributed by atoms with van der Waals surface area (Å²) >= 11 is 0. The number of fused-ring (bicyclic) bond motifs is 1. The Bertz CT molecular complexity index is 1370. The number of amides is 1. The number of benzene rings is 3. The predicted molar refractivity (Wildman–Crippen MR) is 126 cm³/mol. The van der Waals surface area contributed by atoms with Gasteiger partial charge >= 0.3 is 0 Å². The maximum Gasteiger partial charge on any atom is 0.300 e. The van der Waals surface area contributed by atoms with Gasteiger partial charge in [-0.25, -0.2) is 8.42 Å². The largest absolute Gasteiger partial charge is 0.423 e. The molecule has 0 fully saturated rings. The van der Waals surface area contributed by atoms with Crippen molar-refractivity contribution in [1.82, 2.24) is 9.88 Å². The number of sulfone groups is 1. The smallest absolute Gasteiger partial charge is 0.300 e. The number of hydrogen-bond acceptors (Lipinski definition) is 6. The number of carbonyl (C=O) groups is 1.